The van der Waals surface area contributed by atoms with Gasteiger partial charge in [-0.1, -0.05) is 6.92 Å². The zero-order valence-corrected chi connectivity index (χ0v) is 11.7. The van der Waals surface area contributed by atoms with Gasteiger partial charge in [-0.3, -0.25) is 0 Å². The first kappa shape index (κ1) is 13.2. The molecular formula is C13H20N2O2S. The first-order valence-corrected chi connectivity index (χ1v) is 7.39. The van der Waals surface area contributed by atoms with Gasteiger partial charge in [0.25, 0.3) is 0 Å². The molecule has 2 rings (SSSR count). The van der Waals surface area contributed by atoms with Gasteiger partial charge in [0.2, 0.25) is 0 Å². The van der Waals surface area contributed by atoms with E-state index in [1.807, 2.05) is 23.9 Å². The molecule has 5 heteroatoms. The van der Waals surface area contributed by atoms with E-state index in [2.05, 4.69) is 19.2 Å². The van der Waals surface area contributed by atoms with Gasteiger partial charge in [0, 0.05) is 23.9 Å². The van der Waals surface area contributed by atoms with Crippen molar-refractivity contribution in [2.24, 2.45) is 0 Å². The Morgan fingerprint density at radius 2 is 2.00 bits per heavy atom. The molecule has 18 heavy (non-hydrogen) atoms. The number of nitrogen functional groups attached to an aromatic ring is 1. The smallest absolute Gasteiger partial charge is 0.163 e. The maximum Gasteiger partial charge on any atom is 0.163 e. The van der Waals surface area contributed by atoms with Crippen molar-refractivity contribution in [3.8, 4) is 11.5 Å². The second-order valence-corrected chi connectivity index (χ2v) is 5.61. The summed E-state index contributed by atoms with van der Waals surface area (Å²) in [6.45, 7) is 5.50. The van der Waals surface area contributed by atoms with Crippen LogP contribution >= 0.6 is 11.8 Å². The van der Waals surface area contributed by atoms with Gasteiger partial charge in [-0.25, -0.2) is 0 Å². The number of hydrogen-bond donors (Lipinski definition) is 2. The highest BCUT2D eigenvalue weighted by Crippen LogP contribution is 2.37. The highest BCUT2D eigenvalue weighted by Gasteiger charge is 2.15. The lowest BCUT2D eigenvalue weighted by Crippen LogP contribution is -2.20. The second-order valence-electron chi connectivity index (χ2n) is 4.29. The van der Waals surface area contributed by atoms with Gasteiger partial charge in [0.15, 0.2) is 11.5 Å². The molecule has 1 aliphatic heterocycles. The van der Waals surface area contributed by atoms with Crippen LogP contribution in [0.1, 0.15) is 13.8 Å². The van der Waals surface area contributed by atoms with E-state index in [1.165, 1.54) is 0 Å². The zero-order valence-electron chi connectivity index (χ0n) is 10.9. The number of hydrogen-bond acceptors (Lipinski definition) is 5. The van der Waals surface area contributed by atoms with Crippen molar-refractivity contribution < 1.29 is 9.47 Å². The number of ether oxygens (including phenoxy) is 2. The van der Waals surface area contributed by atoms with Gasteiger partial charge in [0.1, 0.15) is 13.2 Å². The quantitative estimate of drug-likeness (QED) is 0.804. The number of rotatable bonds is 5. The number of benzene rings is 1. The molecule has 3 N–H and O–H groups in total. The first-order chi connectivity index (χ1) is 8.70. The molecule has 1 aromatic carbocycles. The molecule has 0 aliphatic carbocycles. The molecule has 0 saturated carbocycles. The molecule has 0 radical (unpaired) electrons. The minimum atomic E-state index is 0.375. The van der Waals surface area contributed by atoms with E-state index in [1.54, 1.807) is 0 Å². The summed E-state index contributed by atoms with van der Waals surface area (Å²) in [6, 6.07) is 4.13. The van der Waals surface area contributed by atoms with E-state index in [9.17, 15) is 0 Å². The molecule has 0 bridgehead atoms. The van der Waals surface area contributed by atoms with Crippen LogP contribution < -0.4 is 20.5 Å². The summed E-state index contributed by atoms with van der Waals surface area (Å²) in [5.41, 5.74) is 7.64. The van der Waals surface area contributed by atoms with Crippen LogP contribution in [0.25, 0.3) is 0 Å². The predicted octanol–water partition coefficient (Wildman–Crippen LogP) is 2.59. The number of nitrogens with two attached hydrogens (primary N) is 1. The van der Waals surface area contributed by atoms with E-state index < -0.39 is 0 Å². The Bertz CT molecular complexity index is 412. The van der Waals surface area contributed by atoms with Crippen LogP contribution in [-0.2, 0) is 0 Å². The molecule has 0 amide bonds. The minimum absolute atomic E-state index is 0.375. The number of nitrogens with one attached hydrogen (secondary N) is 1. The Morgan fingerprint density at radius 1 is 1.33 bits per heavy atom. The number of anilines is 2. The molecule has 100 valence electrons. The van der Waals surface area contributed by atoms with Gasteiger partial charge >= 0.3 is 0 Å². The Kier molecular flexibility index (Phi) is 4.47. The van der Waals surface area contributed by atoms with Crippen LogP contribution in [0.3, 0.4) is 0 Å². The molecule has 0 fully saturated rings. The van der Waals surface area contributed by atoms with Gasteiger partial charge in [-0.05, 0) is 12.7 Å². The third-order valence-electron chi connectivity index (χ3n) is 2.69. The topological polar surface area (TPSA) is 56.5 Å². The van der Waals surface area contributed by atoms with E-state index in [0.29, 0.717) is 24.9 Å². The van der Waals surface area contributed by atoms with Crippen molar-refractivity contribution in [3.05, 3.63) is 12.1 Å². The maximum absolute atomic E-state index is 6.02. The van der Waals surface area contributed by atoms with Crippen molar-refractivity contribution in [2.45, 2.75) is 19.9 Å². The third-order valence-corrected chi connectivity index (χ3v) is 3.83. The van der Waals surface area contributed by atoms with Crippen LogP contribution in [0.5, 0.6) is 11.5 Å². The standard InChI is InChI=1S/C13H20N2O2S/c1-3-18-8-9(2)15-11-7-13-12(6-10(11)14)16-4-5-17-13/h6-7,9,15H,3-5,8,14H2,1-2H3. The lowest BCUT2D eigenvalue weighted by Gasteiger charge is -2.22. The molecule has 0 aromatic heterocycles. The summed E-state index contributed by atoms with van der Waals surface area (Å²) in [4.78, 5) is 0. The van der Waals surface area contributed by atoms with Crippen molar-refractivity contribution in [3.63, 3.8) is 0 Å². The average Bonchev–Trinajstić information content (AvgIpc) is 2.37. The SMILES string of the molecule is CCSCC(C)Nc1cc2c(cc1N)OCCO2. The van der Waals surface area contributed by atoms with Gasteiger partial charge in [0.05, 0.1) is 11.4 Å². The zero-order chi connectivity index (χ0) is 13.0. The second kappa shape index (κ2) is 6.09. The minimum Gasteiger partial charge on any atom is -0.486 e. The summed E-state index contributed by atoms with van der Waals surface area (Å²) >= 11 is 1.91. The Morgan fingerprint density at radius 3 is 2.67 bits per heavy atom. The average molecular weight is 268 g/mol. The lowest BCUT2D eigenvalue weighted by atomic mass is 10.2. The van der Waals surface area contributed by atoms with Crippen molar-refractivity contribution in [1.82, 2.24) is 0 Å². The molecule has 1 atom stereocenters. The van der Waals surface area contributed by atoms with E-state index in [4.69, 9.17) is 15.2 Å². The fraction of sp³-hybridized carbons (Fsp3) is 0.538. The highest BCUT2D eigenvalue weighted by atomic mass is 32.2. The van der Waals surface area contributed by atoms with Crippen LogP contribution in [0.2, 0.25) is 0 Å². The largest absolute Gasteiger partial charge is 0.486 e. The van der Waals surface area contributed by atoms with Crippen molar-refractivity contribution >= 4 is 23.1 Å². The summed E-state index contributed by atoms with van der Waals surface area (Å²) in [5.74, 6) is 3.70. The van der Waals surface area contributed by atoms with E-state index >= 15 is 0 Å². The Hall–Kier alpha value is -1.23. The van der Waals surface area contributed by atoms with Crippen LogP contribution in [0, 0.1) is 0 Å². The number of fused-ring (bicyclic) bond motifs is 1. The molecule has 0 saturated heterocycles. The normalized spacial score (nSPS) is 15.2. The summed E-state index contributed by atoms with van der Waals surface area (Å²) in [7, 11) is 0. The molecule has 1 heterocycles. The lowest BCUT2D eigenvalue weighted by molar-refractivity contribution is 0.172. The van der Waals surface area contributed by atoms with Crippen LogP contribution in [-0.4, -0.2) is 30.8 Å². The Balaban J connectivity index is 2.08. The molecule has 4 nitrogen and oxygen atoms in total. The van der Waals surface area contributed by atoms with Gasteiger partial charge in [-0.2, -0.15) is 11.8 Å². The molecule has 1 aliphatic rings. The van der Waals surface area contributed by atoms with Gasteiger partial charge in [-0.15, -0.1) is 0 Å². The van der Waals surface area contributed by atoms with Gasteiger partial charge < -0.3 is 20.5 Å². The fourth-order valence-electron chi connectivity index (χ4n) is 1.83. The summed E-state index contributed by atoms with van der Waals surface area (Å²) in [5, 5.41) is 3.41. The van der Waals surface area contributed by atoms with Crippen LogP contribution in [0.4, 0.5) is 11.4 Å². The summed E-state index contributed by atoms with van der Waals surface area (Å²) in [6.07, 6.45) is 0. The third kappa shape index (κ3) is 3.16. The summed E-state index contributed by atoms with van der Waals surface area (Å²) < 4.78 is 11.0. The maximum atomic E-state index is 6.02. The Labute approximate surface area is 112 Å². The van der Waals surface area contributed by atoms with Crippen LogP contribution in [0.15, 0.2) is 12.1 Å². The molecular weight excluding hydrogens is 248 g/mol. The molecule has 0 spiro atoms. The highest BCUT2D eigenvalue weighted by molar-refractivity contribution is 7.99. The fourth-order valence-corrected chi connectivity index (χ4v) is 2.50. The first-order valence-electron chi connectivity index (χ1n) is 6.24. The number of thioether (sulfide) groups is 1. The van der Waals surface area contributed by atoms with E-state index in [-0.39, 0.29) is 0 Å². The predicted molar refractivity (Wildman–Crippen MR) is 77.9 cm³/mol. The van der Waals surface area contributed by atoms with Crippen molar-refractivity contribution in [2.75, 3.05) is 35.8 Å². The van der Waals surface area contributed by atoms with E-state index in [0.717, 1.165) is 28.7 Å². The monoisotopic (exact) mass is 268 g/mol. The van der Waals surface area contributed by atoms with Crippen molar-refractivity contribution in [1.29, 1.82) is 0 Å². The molecule has 1 unspecified atom stereocenters. The molecule has 1 aromatic rings.